The number of methoxy groups -OCH3 is 1. The van der Waals surface area contributed by atoms with Crippen molar-refractivity contribution in [2.75, 3.05) is 13.7 Å². The van der Waals surface area contributed by atoms with Crippen molar-refractivity contribution in [2.24, 2.45) is 17.8 Å². The smallest absolute Gasteiger partial charge is 0.444 e. The molecular weight excluding hydrogens is 404 g/mol. The molecule has 0 saturated heterocycles. The number of hydrogen-bond donors (Lipinski definition) is 3. The summed E-state index contributed by atoms with van der Waals surface area (Å²) in [6, 6.07) is -0.424. The van der Waals surface area contributed by atoms with Gasteiger partial charge in [-0.05, 0) is 39.0 Å². The predicted octanol–water partition coefficient (Wildman–Crippen LogP) is 2.99. The van der Waals surface area contributed by atoms with E-state index >= 15 is 0 Å². The van der Waals surface area contributed by atoms with Crippen molar-refractivity contribution < 1.29 is 33.7 Å². The largest absolute Gasteiger partial charge is 0.508 e. The van der Waals surface area contributed by atoms with Crippen LogP contribution in [0.1, 0.15) is 67.2 Å². The second kappa shape index (κ2) is 12.1. The Labute approximate surface area is 185 Å². The predicted molar refractivity (Wildman–Crippen MR) is 115 cm³/mol. The molecule has 180 valence electrons. The summed E-state index contributed by atoms with van der Waals surface area (Å²) >= 11 is 0. The van der Waals surface area contributed by atoms with Gasteiger partial charge in [-0.3, -0.25) is 4.79 Å². The van der Waals surface area contributed by atoms with Gasteiger partial charge < -0.3 is 30.0 Å². The summed E-state index contributed by atoms with van der Waals surface area (Å²) < 4.78 is 15.2. The zero-order valence-electron chi connectivity index (χ0n) is 19.9. The molecule has 3 N–H and O–H groups in total. The summed E-state index contributed by atoms with van der Waals surface area (Å²) in [6.07, 6.45) is -0.458. The molecule has 1 saturated carbocycles. The van der Waals surface area contributed by atoms with Crippen LogP contribution >= 0.6 is 0 Å². The van der Waals surface area contributed by atoms with Gasteiger partial charge in [-0.1, -0.05) is 26.7 Å². The summed E-state index contributed by atoms with van der Waals surface area (Å²) in [7, 11) is 1.21. The highest BCUT2D eigenvalue weighted by Gasteiger charge is 2.46. The van der Waals surface area contributed by atoms with Crippen LogP contribution in [0.2, 0.25) is 0 Å². The van der Waals surface area contributed by atoms with Crippen LogP contribution in [-0.4, -0.2) is 60.8 Å². The van der Waals surface area contributed by atoms with Crippen LogP contribution in [0.4, 0.5) is 9.59 Å². The lowest BCUT2D eigenvalue weighted by molar-refractivity contribution is -0.119. The maximum Gasteiger partial charge on any atom is 0.508 e. The van der Waals surface area contributed by atoms with E-state index in [2.05, 4.69) is 29.2 Å². The molecule has 0 heterocycles. The average Bonchev–Trinajstić information content (AvgIpc) is 2.92. The molecule has 6 atom stereocenters. The second-order valence-corrected chi connectivity index (χ2v) is 9.45. The highest BCUT2D eigenvalue weighted by atomic mass is 16.7. The number of aliphatic hydroxyl groups excluding tert-OH is 1. The molecule has 0 aromatic carbocycles. The Balaban J connectivity index is 2.98. The number of carbonyl (C=O) groups excluding carboxylic acids is 3. The molecule has 0 aliphatic heterocycles. The quantitative estimate of drug-likeness (QED) is 0.467. The topological polar surface area (TPSA) is 123 Å². The van der Waals surface area contributed by atoms with E-state index in [4.69, 9.17) is 9.47 Å². The van der Waals surface area contributed by atoms with Crippen molar-refractivity contribution >= 4 is 18.2 Å². The Morgan fingerprint density at radius 1 is 1.23 bits per heavy atom. The molecule has 0 spiro atoms. The van der Waals surface area contributed by atoms with Crippen LogP contribution in [-0.2, 0) is 19.0 Å². The van der Waals surface area contributed by atoms with Crippen molar-refractivity contribution in [3.63, 3.8) is 0 Å². The van der Waals surface area contributed by atoms with Crippen molar-refractivity contribution in [2.45, 2.75) is 91.1 Å². The molecule has 1 fully saturated rings. The summed E-state index contributed by atoms with van der Waals surface area (Å²) in [5.41, 5.74) is -0.656. The van der Waals surface area contributed by atoms with Gasteiger partial charge in [0.25, 0.3) is 0 Å². The lowest BCUT2D eigenvalue weighted by Gasteiger charge is -2.31. The fourth-order valence-corrected chi connectivity index (χ4v) is 4.12. The summed E-state index contributed by atoms with van der Waals surface area (Å²) in [4.78, 5) is 35.3. The Morgan fingerprint density at radius 3 is 2.39 bits per heavy atom. The number of aliphatic hydroxyl groups is 1. The molecule has 2 amide bonds. The van der Waals surface area contributed by atoms with Gasteiger partial charge in [0.2, 0.25) is 5.91 Å². The van der Waals surface area contributed by atoms with E-state index in [9.17, 15) is 19.5 Å². The van der Waals surface area contributed by atoms with Crippen LogP contribution < -0.4 is 10.6 Å². The van der Waals surface area contributed by atoms with Gasteiger partial charge in [-0.2, -0.15) is 0 Å². The first-order valence-corrected chi connectivity index (χ1v) is 11.0. The van der Waals surface area contributed by atoms with Crippen molar-refractivity contribution in [3.8, 4) is 0 Å². The van der Waals surface area contributed by atoms with Crippen LogP contribution in [0.25, 0.3) is 0 Å². The second-order valence-electron chi connectivity index (χ2n) is 9.45. The van der Waals surface area contributed by atoms with E-state index in [1.807, 2.05) is 0 Å². The highest BCUT2D eigenvalue weighted by molar-refractivity contribution is 5.72. The molecule has 0 aromatic heterocycles. The highest BCUT2D eigenvalue weighted by Crippen LogP contribution is 2.37. The SMILES string of the molecule is CCCC(C[C@H]1[C@H](O)[C@@H](OC(=O)OC)C[C@H]1NC(=O)OC(C)(C)C)C(C)CNC(C)=O. The molecular formula is C22H40N2O7. The van der Waals surface area contributed by atoms with E-state index in [0.717, 1.165) is 12.8 Å². The van der Waals surface area contributed by atoms with Crippen molar-refractivity contribution in [1.29, 1.82) is 0 Å². The standard InChI is InChI=1S/C22H40N2O7/c1-8-9-15(13(2)12-23-14(3)25)10-16-17(24-20(27)31-22(4,5)6)11-18(19(16)26)30-21(28)29-7/h13,15-19,26H,8-12H2,1-7H3,(H,23,25)(H,24,27)/t13?,15?,16-,17-,18+,19+/m1/s1. The minimum atomic E-state index is -0.952. The zero-order valence-corrected chi connectivity index (χ0v) is 19.9. The van der Waals surface area contributed by atoms with Crippen molar-refractivity contribution in [1.82, 2.24) is 10.6 Å². The van der Waals surface area contributed by atoms with Gasteiger partial charge in [-0.25, -0.2) is 9.59 Å². The Hall–Kier alpha value is -2.03. The molecule has 1 rings (SSSR count). The minimum absolute atomic E-state index is 0.0842. The Bertz CT molecular complexity index is 605. The van der Waals surface area contributed by atoms with Gasteiger partial charge in [0, 0.05) is 31.8 Å². The fourth-order valence-electron chi connectivity index (χ4n) is 4.12. The molecule has 0 aromatic rings. The third-order valence-electron chi connectivity index (χ3n) is 5.65. The molecule has 9 nitrogen and oxygen atoms in total. The molecule has 1 aliphatic carbocycles. The number of carbonyl (C=O) groups is 3. The first-order chi connectivity index (χ1) is 14.4. The van der Waals surface area contributed by atoms with E-state index in [1.54, 1.807) is 20.8 Å². The van der Waals surface area contributed by atoms with Crippen molar-refractivity contribution in [3.05, 3.63) is 0 Å². The monoisotopic (exact) mass is 444 g/mol. The van der Waals surface area contributed by atoms with Crippen LogP contribution in [0.3, 0.4) is 0 Å². The number of hydrogen-bond acceptors (Lipinski definition) is 7. The molecule has 31 heavy (non-hydrogen) atoms. The molecule has 0 radical (unpaired) electrons. The van der Waals surface area contributed by atoms with Gasteiger partial charge in [-0.15, -0.1) is 0 Å². The van der Waals surface area contributed by atoms with Gasteiger partial charge >= 0.3 is 12.2 Å². The third kappa shape index (κ3) is 9.33. The summed E-state index contributed by atoms with van der Waals surface area (Å²) in [5, 5.41) is 16.6. The van der Waals surface area contributed by atoms with Gasteiger partial charge in [0.1, 0.15) is 11.7 Å². The lowest BCUT2D eigenvalue weighted by Crippen LogP contribution is -2.43. The van der Waals surface area contributed by atoms with E-state index in [1.165, 1.54) is 14.0 Å². The maximum atomic E-state index is 12.4. The fraction of sp³-hybridized carbons (Fsp3) is 0.864. The lowest BCUT2D eigenvalue weighted by atomic mass is 9.80. The van der Waals surface area contributed by atoms with Crippen LogP contribution in [0, 0.1) is 17.8 Å². The average molecular weight is 445 g/mol. The molecule has 9 heteroatoms. The van der Waals surface area contributed by atoms with Gasteiger partial charge in [0.15, 0.2) is 0 Å². The Morgan fingerprint density at radius 2 is 1.87 bits per heavy atom. The summed E-state index contributed by atoms with van der Waals surface area (Å²) in [5.74, 6) is -0.0346. The van der Waals surface area contributed by atoms with E-state index in [0.29, 0.717) is 13.0 Å². The first kappa shape index (κ1) is 27.0. The number of alkyl carbamates (subject to hydrolysis) is 1. The van der Waals surface area contributed by atoms with Gasteiger partial charge in [0.05, 0.1) is 13.2 Å². The van der Waals surface area contributed by atoms with Crippen LogP contribution in [0.5, 0.6) is 0 Å². The maximum absolute atomic E-state index is 12.4. The normalized spacial score (nSPS) is 25.3. The minimum Gasteiger partial charge on any atom is -0.444 e. The zero-order chi connectivity index (χ0) is 23.8. The van der Waals surface area contributed by atoms with E-state index < -0.39 is 36.1 Å². The third-order valence-corrected chi connectivity index (χ3v) is 5.65. The number of ether oxygens (including phenoxy) is 3. The number of nitrogens with one attached hydrogen (secondary N) is 2. The van der Waals surface area contributed by atoms with Crippen LogP contribution in [0.15, 0.2) is 0 Å². The Kier molecular flexibility index (Phi) is 10.6. The number of rotatable bonds is 9. The first-order valence-electron chi connectivity index (χ1n) is 11.0. The molecule has 1 aliphatic rings. The molecule has 2 unspecified atom stereocenters. The summed E-state index contributed by atoms with van der Waals surface area (Å²) in [6.45, 7) is 11.5. The van der Waals surface area contributed by atoms with E-state index in [-0.39, 0.29) is 30.1 Å². The number of amides is 2. The molecule has 0 bridgehead atoms.